The maximum atomic E-state index is 9.99. The van der Waals surface area contributed by atoms with Crippen LogP contribution in [0.3, 0.4) is 0 Å². The van der Waals surface area contributed by atoms with E-state index in [2.05, 4.69) is 24.1 Å². The lowest BCUT2D eigenvalue weighted by Gasteiger charge is -2.33. The van der Waals surface area contributed by atoms with Crippen molar-refractivity contribution in [3.8, 4) is 5.75 Å². The van der Waals surface area contributed by atoms with Gasteiger partial charge in [-0.15, -0.1) is 0 Å². The Kier molecular flexibility index (Phi) is 5.23. The minimum absolute atomic E-state index is 0.279. The molecule has 0 bridgehead atoms. The second kappa shape index (κ2) is 6.92. The summed E-state index contributed by atoms with van der Waals surface area (Å²) in [5.41, 5.74) is 1.04. The first-order valence-corrected chi connectivity index (χ1v) is 7.45. The topological polar surface area (TPSA) is 35.5 Å². The number of benzene rings is 1. The van der Waals surface area contributed by atoms with Gasteiger partial charge >= 0.3 is 0 Å². The first-order chi connectivity index (χ1) is 9.22. The van der Waals surface area contributed by atoms with Crippen molar-refractivity contribution in [2.45, 2.75) is 32.7 Å². The summed E-state index contributed by atoms with van der Waals surface area (Å²) in [6, 6.07) is 7.98. The molecule has 3 heteroatoms. The van der Waals surface area contributed by atoms with Gasteiger partial charge in [-0.2, -0.15) is 0 Å². The normalized spacial score (nSPS) is 18.7. The fourth-order valence-electron chi connectivity index (χ4n) is 2.99. The third kappa shape index (κ3) is 3.71. The number of aromatic hydroxyl groups is 1. The summed E-state index contributed by atoms with van der Waals surface area (Å²) < 4.78 is 0. The summed E-state index contributed by atoms with van der Waals surface area (Å²) in [6.07, 6.45) is 2.54. The third-order valence-electron chi connectivity index (χ3n) is 4.29. The van der Waals surface area contributed by atoms with Gasteiger partial charge in [-0.1, -0.05) is 25.1 Å². The molecule has 2 rings (SSSR count). The molecule has 1 aromatic carbocycles. The zero-order valence-electron chi connectivity index (χ0n) is 12.1. The van der Waals surface area contributed by atoms with Crippen LogP contribution in [-0.4, -0.2) is 36.2 Å². The van der Waals surface area contributed by atoms with Gasteiger partial charge in [-0.3, -0.25) is 4.90 Å². The van der Waals surface area contributed by atoms with Gasteiger partial charge < -0.3 is 10.4 Å². The molecule has 0 saturated carbocycles. The van der Waals surface area contributed by atoms with Crippen LogP contribution in [0.4, 0.5) is 0 Å². The summed E-state index contributed by atoms with van der Waals surface area (Å²) in [6.45, 7) is 8.85. The van der Waals surface area contributed by atoms with Crippen molar-refractivity contribution in [3.05, 3.63) is 29.8 Å². The molecule has 0 aromatic heterocycles. The zero-order chi connectivity index (χ0) is 13.7. The summed E-state index contributed by atoms with van der Waals surface area (Å²) in [7, 11) is 0. The van der Waals surface area contributed by atoms with E-state index in [-0.39, 0.29) is 6.04 Å². The molecule has 106 valence electrons. The van der Waals surface area contributed by atoms with Crippen molar-refractivity contribution >= 4 is 0 Å². The maximum Gasteiger partial charge on any atom is 0.120 e. The molecule has 1 aromatic rings. The minimum Gasteiger partial charge on any atom is -0.508 e. The van der Waals surface area contributed by atoms with Crippen LogP contribution in [0.1, 0.15) is 38.3 Å². The van der Waals surface area contributed by atoms with Gasteiger partial charge in [-0.25, -0.2) is 0 Å². The van der Waals surface area contributed by atoms with E-state index in [1.807, 2.05) is 18.2 Å². The van der Waals surface area contributed by atoms with Gasteiger partial charge in [0.1, 0.15) is 5.75 Å². The SMILES string of the molecule is CCN(CC1CCNCC1)C(C)c1ccccc1O. The number of nitrogens with zero attached hydrogens (tertiary/aromatic N) is 1. The maximum absolute atomic E-state index is 9.99. The molecule has 1 atom stereocenters. The van der Waals surface area contributed by atoms with E-state index in [0.717, 1.165) is 37.7 Å². The molecule has 0 radical (unpaired) electrons. The summed E-state index contributed by atoms with van der Waals surface area (Å²) in [5, 5.41) is 13.4. The van der Waals surface area contributed by atoms with Gasteiger partial charge in [0, 0.05) is 18.2 Å². The van der Waals surface area contributed by atoms with Crippen LogP contribution in [0.25, 0.3) is 0 Å². The lowest BCUT2D eigenvalue weighted by molar-refractivity contribution is 0.167. The molecular weight excluding hydrogens is 236 g/mol. The van der Waals surface area contributed by atoms with Crippen LogP contribution >= 0.6 is 0 Å². The first-order valence-electron chi connectivity index (χ1n) is 7.45. The molecule has 0 aliphatic carbocycles. The van der Waals surface area contributed by atoms with Crippen LogP contribution in [-0.2, 0) is 0 Å². The van der Waals surface area contributed by atoms with E-state index in [4.69, 9.17) is 0 Å². The quantitative estimate of drug-likeness (QED) is 0.856. The molecule has 1 fully saturated rings. The highest BCUT2D eigenvalue weighted by molar-refractivity contribution is 5.34. The Morgan fingerprint density at radius 3 is 2.63 bits per heavy atom. The number of hydrogen-bond donors (Lipinski definition) is 2. The number of piperidine rings is 1. The van der Waals surface area contributed by atoms with Gasteiger partial charge in [-0.05, 0) is 51.4 Å². The lowest BCUT2D eigenvalue weighted by Crippen LogP contribution is -2.37. The van der Waals surface area contributed by atoms with Crippen LogP contribution in [0.5, 0.6) is 5.75 Å². The Bertz CT molecular complexity index is 388. The highest BCUT2D eigenvalue weighted by Gasteiger charge is 2.21. The minimum atomic E-state index is 0.279. The third-order valence-corrected chi connectivity index (χ3v) is 4.29. The van der Waals surface area contributed by atoms with E-state index in [1.54, 1.807) is 6.07 Å². The van der Waals surface area contributed by atoms with Crippen molar-refractivity contribution in [2.24, 2.45) is 5.92 Å². The Hall–Kier alpha value is -1.06. The Morgan fingerprint density at radius 1 is 1.32 bits per heavy atom. The predicted molar refractivity (Wildman–Crippen MR) is 79.4 cm³/mol. The Balaban J connectivity index is 2.02. The molecule has 1 aliphatic heterocycles. The van der Waals surface area contributed by atoms with Gasteiger partial charge in [0.05, 0.1) is 0 Å². The molecule has 3 nitrogen and oxygen atoms in total. The second-order valence-corrected chi connectivity index (χ2v) is 5.52. The zero-order valence-corrected chi connectivity index (χ0v) is 12.1. The fourth-order valence-corrected chi connectivity index (χ4v) is 2.99. The second-order valence-electron chi connectivity index (χ2n) is 5.52. The lowest BCUT2D eigenvalue weighted by atomic mass is 9.96. The number of nitrogens with one attached hydrogen (secondary N) is 1. The van der Waals surface area contributed by atoms with Crippen LogP contribution < -0.4 is 5.32 Å². The van der Waals surface area contributed by atoms with Crippen LogP contribution in [0, 0.1) is 5.92 Å². The predicted octanol–water partition coefficient (Wildman–Crippen LogP) is 2.77. The number of hydrogen-bond acceptors (Lipinski definition) is 3. The van der Waals surface area contributed by atoms with Crippen LogP contribution in [0.15, 0.2) is 24.3 Å². The van der Waals surface area contributed by atoms with Crippen molar-refractivity contribution in [1.29, 1.82) is 0 Å². The molecule has 1 heterocycles. The van der Waals surface area contributed by atoms with Crippen LogP contribution in [0.2, 0.25) is 0 Å². The standard InChI is InChI=1S/C16H26N2O/c1-3-18(12-14-8-10-17-11-9-14)13(2)15-6-4-5-7-16(15)19/h4-7,13-14,17,19H,3,8-12H2,1-2H3. The average Bonchev–Trinajstić information content (AvgIpc) is 2.46. The Morgan fingerprint density at radius 2 is 2.00 bits per heavy atom. The van der Waals surface area contributed by atoms with Gasteiger partial charge in [0.25, 0.3) is 0 Å². The van der Waals surface area contributed by atoms with E-state index in [9.17, 15) is 5.11 Å². The van der Waals surface area contributed by atoms with Gasteiger partial charge in [0.2, 0.25) is 0 Å². The van der Waals surface area contributed by atoms with Gasteiger partial charge in [0.15, 0.2) is 0 Å². The molecule has 2 N–H and O–H groups in total. The average molecular weight is 262 g/mol. The summed E-state index contributed by atoms with van der Waals surface area (Å²) in [4.78, 5) is 2.48. The molecule has 1 unspecified atom stereocenters. The summed E-state index contributed by atoms with van der Waals surface area (Å²) >= 11 is 0. The highest BCUT2D eigenvalue weighted by atomic mass is 16.3. The molecule has 0 amide bonds. The fraction of sp³-hybridized carbons (Fsp3) is 0.625. The monoisotopic (exact) mass is 262 g/mol. The largest absolute Gasteiger partial charge is 0.508 e. The highest BCUT2D eigenvalue weighted by Crippen LogP contribution is 2.29. The van der Waals surface area contributed by atoms with E-state index < -0.39 is 0 Å². The molecule has 19 heavy (non-hydrogen) atoms. The van der Waals surface area contributed by atoms with E-state index >= 15 is 0 Å². The number of rotatable bonds is 5. The number of phenolic OH excluding ortho intramolecular Hbond substituents is 1. The van der Waals surface area contributed by atoms with E-state index in [0.29, 0.717) is 5.75 Å². The molecular formula is C16H26N2O. The number of para-hydroxylation sites is 1. The van der Waals surface area contributed by atoms with Crippen molar-refractivity contribution in [3.63, 3.8) is 0 Å². The van der Waals surface area contributed by atoms with Crippen molar-refractivity contribution < 1.29 is 5.11 Å². The molecule has 1 saturated heterocycles. The molecule has 0 spiro atoms. The first kappa shape index (κ1) is 14.4. The van der Waals surface area contributed by atoms with Crippen molar-refractivity contribution in [1.82, 2.24) is 10.2 Å². The summed E-state index contributed by atoms with van der Waals surface area (Å²) in [5.74, 6) is 1.20. The van der Waals surface area contributed by atoms with Crippen molar-refractivity contribution in [2.75, 3.05) is 26.2 Å². The smallest absolute Gasteiger partial charge is 0.120 e. The Labute approximate surface area is 116 Å². The number of phenols is 1. The van der Waals surface area contributed by atoms with E-state index in [1.165, 1.54) is 12.8 Å². The molecule has 1 aliphatic rings.